The number of hydrogen-bond acceptors (Lipinski definition) is 10. The van der Waals surface area contributed by atoms with Gasteiger partial charge in [0.25, 0.3) is 0 Å². The zero-order valence-corrected chi connectivity index (χ0v) is 36.5. The van der Waals surface area contributed by atoms with Gasteiger partial charge in [0.15, 0.2) is 6.10 Å². The van der Waals surface area contributed by atoms with E-state index in [9.17, 15) is 29.3 Å². The Bertz CT molecular complexity index is 1250. The first-order chi connectivity index (χ1) is 28.1. The van der Waals surface area contributed by atoms with Crippen molar-refractivity contribution in [3.63, 3.8) is 0 Å². The minimum Gasteiger partial charge on any atom is -0.462 e. The number of carbonyl (C=O) groups is 2. The highest BCUT2D eigenvalue weighted by Crippen LogP contribution is 2.43. The van der Waals surface area contributed by atoms with Crippen LogP contribution in [0.3, 0.4) is 0 Å². The molecule has 4 atom stereocenters. The molecule has 0 heterocycles. The Morgan fingerprint density at radius 2 is 1.03 bits per heavy atom. The lowest BCUT2D eigenvalue weighted by Gasteiger charge is -2.20. The molecule has 0 bridgehead atoms. The summed E-state index contributed by atoms with van der Waals surface area (Å²) < 4.78 is 32.6. The van der Waals surface area contributed by atoms with Gasteiger partial charge in [0, 0.05) is 12.8 Å². The number of phosphoric ester groups is 1. The number of hydrogen-bond donors (Lipinski definition) is 4. The number of phosphoric acid groups is 1. The lowest BCUT2D eigenvalue weighted by Crippen LogP contribution is -2.29. The quantitative estimate of drug-likeness (QED) is 0.0201. The molecule has 0 spiro atoms. The summed E-state index contributed by atoms with van der Waals surface area (Å²) in [6.07, 6.45) is 44.7. The normalized spacial score (nSPS) is 15.2. The van der Waals surface area contributed by atoms with Gasteiger partial charge in [0.05, 0.1) is 25.9 Å². The molecule has 0 aromatic heterocycles. The Morgan fingerprint density at radius 3 is 1.59 bits per heavy atom. The van der Waals surface area contributed by atoms with Crippen LogP contribution in [0, 0.1) is 0 Å². The van der Waals surface area contributed by atoms with Gasteiger partial charge in [-0.05, 0) is 89.9 Å². The molecule has 0 aromatic carbocycles. The topological polar surface area (TPSA) is 169 Å². The zero-order chi connectivity index (χ0) is 42.8. The molecule has 0 rings (SSSR count). The van der Waals surface area contributed by atoms with Crippen molar-refractivity contribution in [3.05, 3.63) is 85.1 Å². The summed E-state index contributed by atoms with van der Waals surface area (Å²) in [7, 11) is -4.65. The predicted octanol–water partition coefficient (Wildman–Crippen LogP) is 10.4. The van der Waals surface area contributed by atoms with Crippen LogP contribution in [-0.4, -0.2) is 76.9 Å². The molecule has 0 saturated carbocycles. The second kappa shape index (κ2) is 40.9. The second-order valence-corrected chi connectivity index (χ2v) is 15.6. The molecule has 0 radical (unpaired) electrons. The Kier molecular flexibility index (Phi) is 38.8. The van der Waals surface area contributed by atoms with Gasteiger partial charge in [-0.15, -0.1) is 0 Å². The molecule has 0 amide bonds. The van der Waals surface area contributed by atoms with Gasteiger partial charge in [-0.25, -0.2) is 4.57 Å². The zero-order valence-electron chi connectivity index (χ0n) is 35.6. The van der Waals surface area contributed by atoms with Crippen LogP contribution in [0.4, 0.5) is 0 Å². The number of esters is 2. The molecule has 2 unspecified atom stereocenters. The molecular weight excluding hydrogens is 759 g/mol. The molecule has 12 heteroatoms. The highest BCUT2D eigenvalue weighted by molar-refractivity contribution is 7.47. The van der Waals surface area contributed by atoms with Crippen LogP contribution in [0.5, 0.6) is 0 Å². The van der Waals surface area contributed by atoms with Crippen molar-refractivity contribution in [1.29, 1.82) is 0 Å². The number of ether oxygens (including phenoxy) is 2. The fraction of sp³-hybridized carbons (Fsp3) is 0.652. The molecule has 0 aliphatic rings. The summed E-state index contributed by atoms with van der Waals surface area (Å²) in [5, 5.41) is 28.1. The van der Waals surface area contributed by atoms with Crippen molar-refractivity contribution in [2.45, 2.75) is 167 Å². The maximum absolute atomic E-state index is 12.6. The van der Waals surface area contributed by atoms with Crippen LogP contribution in [0.15, 0.2) is 85.1 Å². The summed E-state index contributed by atoms with van der Waals surface area (Å²) in [5.74, 6) is -1.04. The van der Waals surface area contributed by atoms with Gasteiger partial charge in [-0.3, -0.25) is 18.6 Å². The van der Waals surface area contributed by atoms with E-state index in [1.165, 1.54) is 19.3 Å². The van der Waals surface area contributed by atoms with Crippen LogP contribution in [0.1, 0.15) is 149 Å². The number of aliphatic hydroxyl groups excluding tert-OH is 3. The average Bonchev–Trinajstić information content (AvgIpc) is 3.20. The lowest BCUT2D eigenvalue weighted by atomic mass is 10.1. The van der Waals surface area contributed by atoms with E-state index >= 15 is 0 Å². The smallest absolute Gasteiger partial charge is 0.462 e. The molecule has 332 valence electrons. The minimum absolute atomic E-state index is 0.0835. The highest BCUT2D eigenvalue weighted by atomic mass is 31.2. The van der Waals surface area contributed by atoms with Crippen molar-refractivity contribution in [2.24, 2.45) is 0 Å². The van der Waals surface area contributed by atoms with Gasteiger partial charge in [-0.1, -0.05) is 131 Å². The van der Waals surface area contributed by atoms with E-state index in [0.29, 0.717) is 25.7 Å². The molecule has 0 aliphatic heterocycles. The van der Waals surface area contributed by atoms with Gasteiger partial charge in [-0.2, -0.15) is 0 Å². The third-order valence-corrected chi connectivity index (χ3v) is 9.53. The first kappa shape index (κ1) is 55.1. The summed E-state index contributed by atoms with van der Waals surface area (Å²) in [4.78, 5) is 35.0. The van der Waals surface area contributed by atoms with Crippen molar-refractivity contribution >= 4 is 19.8 Å². The van der Waals surface area contributed by atoms with E-state index in [1.807, 2.05) is 18.2 Å². The van der Waals surface area contributed by atoms with E-state index < -0.39 is 51.8 Å². The number of unbranched alkanes of at least 4 members (excludes halogenated alkanes) is 8. The van der Waals surface area contributed by atoms with E-state index in [-0.39, 0.29) is 25.6 Å². The largest absolute Gasteiger partial charge is 0.472 e. The number of carbonyl (C=O) groups excluding carboxylic acids is 2. The molecule has 0 aromatic rings. The van der Waals surface area contributed by atoms with Crippen molar-refractivity contribution in [3.8, 4) is 0 Å². The van der Waals surface area contributed by atoms with Gasteiger partial charge >= 0.3 is 19.8 Å². The van der Waals surface area contributed by atoms with Crippen molar-refractivity contribution in [1.82, 2.24) is 0 Å². The number of allylic oxidation sites excluding steroid dienone is 13. The predicted molar refractivity (Wildman–Crippen MR) is 234 cm³/mol. The SMILES string of the molecule is CCCCC/C=C\C/C=C\C/C=C\CCCCCCC(=O)OC[C@H](COP(=O)(O)OC[C@@H](O)CO)OC(=O)CCC/C=C\C/C=C\C/C=C\C/C=C\CC(O)CCC. The van der Waals surface area contributed by atoms with Crippen LogP contribution >= 0.6 is 7.82 Å². The summed E-state index contributed by atoms with van der Waals surface area (Å²) in [5.41, 5.74) is 0. The first-order valence-corrected chi connectivity index (χ1v) is 23.1. The number of rotatable bonds is 39. The van der Waals surface area contributed by atoms with E-state index in [1.54, 1.807) is 0 Å². The Hall–Kier alpha value is -2.89. The minimum atomic E-state index is -4.65. The van der Waals surface area contributed by atoms with Crippen LogP contribution < -0.4 is 0 Å². The van der Waals surface area contributed by atoms with Crippen molar-refractivity contribution in [2.75, 3.05) is 26.4 Å². The molecule has 58 heavy (non-hydrogen) atoms. The molecule has 0 aliphatic carbocycles. The fourth-order valence-electron chi connectivity index (χ4n) is 5.24. The first-order valence-electron chi connectivity index (χ1n) is 21.6. The van der Waals surface area contributed by atoms with Gasteiger partial charge < -0.3 is 29.7 Å². The maximum atomic E-state index is 12.6. The Labute approximate surface area is 350 Å². The fourth-order valence-corrected chi connectivity index (χ4v) is 6.03. The molecule has 4 N–H and O–H groups in total. The van der Waals surface area contributed by atoms with Gasteiger partial charge in [0.2, 0.25) is 0 Å². The summed E-state index contributed by atoms with van der Waals surface area (Å²) in [6.45, 7) is 2.03. The molecular formula is C46H77O11P. The monoisotopic (exact) mass is 837 g/mol. The van der Waals surface area contributed by atoms with Crippen LogP contribution in [-0.2, 0) is 32.7 Å². The summed E-state index contributed by atoms with van der Waals surface area (Å²) >= 11 is 0. The van der Waals surface area contributed by atoms with E-state index in [0.717, 1.165) is 77.0 Å². The highest BCUT2D eigenvalue weighted by Gasteiger charge is 2.27. The third-order valence-electron chi connectivity index (χ3n) is 8.58. The van der Waals surface area contributed by atoms with Crippen LogP contribution in [0.25, 0.3) is 0 Å². The standard InChI is InChI=1S/C46H77O11P/c1-3-5-6-7-8-9-10-11-12-13-14-17-20-23-26-29-32-36-45(50)54-40-44(41-56-58(52,53)55-39-43(49)38-47)57-46(51)37-33-30-27-24-21-18-15-16-19-22-25-28-31-35-42(48)34-4-2/h8-9,11-12,14-15,17-19,22,24,27-28,31,42-44,47-49H,3-7,10,13,16,20-21,23,25-26,29-30,32-41H2,1-2H3,(H,52,53)/b9-8-,12-11-,17-14-,18-15-,22-19-,27-24-,31-28-/t42?,43-,44+/m0/s1. The lowest BCUT2D eigenvalue weighted by molar-refractivity contribution is -0.161. The van der Waals surface area contributed by atoms with E-state index in [2.05, 4.69) is 85.2 Å². The molecule has 0 fully saturated rings. The molecule has 11 nitrogen and oxygen atoms in total. The Morgan fingerprint density at radius 1 is 0.552 bits per heavy atom. The number of aliphatic hydroxyl groups is 3. The molecule has 0 saturated heterocycles. The van der Waals surface area contributed by atoms with Crippen molar-refractivity contribution < 1.29 is 52.9 Å². The second-order valence-electron chi connectivity index (χ2n) is 14.2. The van der Waals surface area contributed by atoms with E-state index in [4.69, 9.17) is 19.1 Å². The summed E-state index contributed by atoms with van der Waals surface area (Å²) in [6, 6.07) is 0. The third kappa shape index (κ3) is 39.9. The van der Waals surface area contributed by atoms with Crippen LogP contribution in [0.2, 0.25) is 0 Å². The average molecular weight is 837 g/mol. The maximum Gasteiger partial charge on any atom is 0.472 e. The van der Waals surface area contributed by atoms with Gasteiger partial charge in [0.1, 0.15) is 12.7 Å². The Balaban J connectivity index is 4.48.